The van der Waals surface area contributed by atoms with Gasteiger partial charge >= 0.3 is 0 Å². The van der Waals surface area contributed by atoms with Gasteiger partial charge in [0, 0.05) is 31.8 Å². The van der Waals surface area contributed by atoms with Gasteiger partial charge in [0.25, 0.3) is 0 Å². The molecule has 1 amide bonds. The quantitative estimate of drug-likeness (QED) is 0.786. The normalized spacial score (nSPS) is 21.7. The summed E-state index contributed by atoms with van der Waals surface area (Å²) in [6.07, 6.45) is 3.28. The zero-order chi connectivity index (χ0) is 13.1. The van der Waals surface area contributed by atoms with Gasteiger partial charge in [-0.25, -0.2) is 0 Å². The zero-order valence-electron chi connectivity index (χ0n) is 10.6. The number of amides is 1. The van der Waals surface area contributed by atoms with Crippen LogP contribution >= 0.6 is 15.9 Å². The average molecular weight is 313 g/mol. The Morgan fingerprint density at radius 1 is 1.50 bits per heavy atom. The lowest BCUT2D eigenvalue weighted by molar-refractivity contribution is -0.130. The van der Waals surface area contributed by atoms with E-state index in [1.54, 1.807) is 12.2 Å². The minimum Gasteiger partial charge on any atom is -0.450 e. The smallest absolute Gasteiger partial charge is 0.247 e. The summed E-state index contributed by atoms with van der Waals surface area (Å²) in [5.74, 6) is 0.722. The Labute approximate surface area is 115 Å². The molecule has 0 spiro atoms. The fourth-order valence-electron chi connectivity index (χ4n) is 2.13. The first-order valence-corrected chi connectivity index (χ1v) is 6.78. The van der Waals surface area contributed by atoms with Crippen LogP contribution in [0.5, 0.6) is 0 Å². The van der Waals surface area contributed by atoms with Crippen LogP contribution in [0, 0.1) is 0 Å². The van der Waals surface area contributed by atoms with Gasteiger partial charge in [-0.1, -0.05) is 0 Å². The molecule has 0 N–H and O–H groups in total. The van der Waals surface area contributed by atoms with E-state index >= 15 is 0 Å². The van der Waals surface area contributed by atoms with Gasteiger partial charge in [-0.05, 0) is 48.1 Å². The number of rotatable bonds is 2. The van der Waals surface area contributed by atoms with Crippen molar-refractivity contribution in [1.29, 1.82) is 0 Å². The number of halogens is 1. The number of furan rings is 1. The predicted octanol–water partition coefficient (Wildman–Crippen LogP) is 2.22. The molecule has 1 atom stereocenters. The molecule has 1 saturated heterocycles. The summed E-state index contributed by atoms with van der Waals surface area (Å²) in [7, 11) is 2.08. The number of hydrogen-bond donors (Lipinski definition) is 0. The first kappa shape index (κ1) is 13.4. The van der Waals surface area contributed by atoms with Crippen molar-refractivity contribution in [3.05, 3.63) is 28.6 Å². The molecule has 0 aliphatic carbocycles. The molecule has 0 bridgehead atoms. The van der Waals surface area contributed by atoms with Gasteiger partial charge in [0.2, 0.25) is 5.91 Å². The van der Waals surface area contributed by atoms with E-state index in [0.29, 0.717) is 10.4 Å². The third-order valence-corrected chi connectivity index (χ3v) is 3.52. The van der Waals surface area contributed by atoms with Crippen molar-refractivity contribution in [3.8, 4) is 0 Å². The Balaban J connectivity index is 1.97. The van der Waals surface area contributed by atoms with Crippen LogP contribution < -0.4 is 0 Å². The van der Waals surface area contributed by atoms with Gasteiger partial charge in [0.15, 0.2) is 4.67 Å². The molecule has 18 heavy (non-hydrogen) atoms. The van der Waals surface area contributed by atoms with Crippen molar-refractivity contribution in [2.75, 3.05) is 26.7 Å². The fourth-order valence-corrected chi connectivity index (χ4v) is 2.45. The van der Waals surface area contributed by atoms with E-state index in [9.17, 15) is 4.79 Å². The molecule has 0 radical (unpaired) electrons. The molecule has 2 rings (SSSR count). The summed E-state index contributed by atoms with van der Waals surface area (Å²) in [5, 5.41) is 0. The first-order chi connectivity index (χ1) is 8.56. The highest BCUT2D eigenvalue weighted by Gasteiger charge is 2.23. The number of likely N-dealkylation sites (N-methyl/N-ethyl adjacent to an activating group) is 1. The summed E-state index contributed by atoms with van der Waals surface area (Å²) in [6, 6.07) is 3.88. The highest BCUT2D eigenvalue weighted by molar-refractivity contribution is 9.10. The van der Waals surface area contributed by atoms with E-state index in [1.165, 1.54) is 0 Å². The van der Waals surface area contributed by atoms with Crippen molar-refractivity contribution in [2.45, 2.75) is 13.0 Å². The molecule has 0 saturated carbocycles. The lowest BCUT2D eigenvalue weighted by Crippen LogP contribution is -2.52. The van der Waals surface area contributed by atoms with Crippen molar-refractivity contribution in [3.63, 3.8) is 0 Å². The van der Waals surface area contributed by atoms with Gasteiger partial charge in [-0.3, -0.25) is 4.79 Å². The molecule has 1 aliphatic rings. The van der Waals surface area contributed by atoms with Crippen LogP contribution in [0.3, 0.4) is 0 Å². The van der Waals surface area contributed by atoms with Crippen LogP contribution in [0.25, 0.3) is 6.08 Å². The van der Waals surface area contributed by atoms with Crippen LogP contribution in [0.4, 0.5) is 0 Å². The molecular formula is C13H17BrN2O2. The summed E-state index contributed by atoms with van der Waals surface area (Å²) in [4.78, 5) is 16.2. The Bertz CT molecular complexity index is 456. The van der Waals surface area contributed by atoms with Gasteiger partial charge in [0.05, 0.1) is 0 Å². The third-order valence-electron chi connectivity index (χ3n) is 3.10. The molecule has 1 aliphatic heterocycles. The van der Waals surface area contributed by atoms with Crippen LogP contribution in [-0.4, -0.2) is 48.4 Å². The Kier molecular flexibility index (Phi) is 4.24. The molecule has 5 heteroatoms. The van der Waals surface area contributed by atoms with Gasteiger partial charge in [-0.15, -0.1) is 0 Å². The van der Waals surface area contributed by atoms with E-state index in [4.69, 9.17) is 4.42 Å². The molecule has 4 nitrogen and oxygen atoms in total. The minimum atomic E-state index is 0.0446. The lowest BCUT2D eigenvalue weighted by Gasteiger charge is -2.37. The monoisotopic (exact) mass is 312 g/mol. The Morgan fingerprint density at radius 2 is 2.28 bits per heavy atom. The predicted molar refractivity (Wildman–Crippen MR) is 74.1 cm³/mol. The third kappa shape index (κ3) is 3.23. The molecule has 2 heterocycles. The Morgan fingerprint density at radius 3 is 2.89 bits per heavy atom. The molecular weight excluding hydrogens is 296 g/mol. The highest BCUT2D eigenvalue weighted by atomic mass is 79.9. The topological polar surface area (TPSA) is 36.7 Å². The van der Waals surface area contributed by atoms with Gasteiger partial charge < -0.3 is 14.2 Å². The van der Waals surface area contributed by atoms with Crippen LogP contribution in [0.2, 0.25) is 0 Å². The van der Waals surface area contributed by atoms with Crippen molar-refractivity contribution in [1.82, 2.24) is 9.80 Å². The summed E-state index contributed by atoms with van der Waals surface area (Å²) >= 11 is 3.23. The van der Waals surface area contributed by atoms with E-state index < -0.39 is 0 Å². The SMILES string of the molecule is CC1CN(C)CCN1C(=O)/C=C/c1ccc(Br)o1. The summed E-state index contributed by atoms with van der Waals surface area (Å²) < 4.78 is 5.99. The minimum absolute atomic E-state index is 0.0446. The molecule has 1 aromatic heterocycles. The second-order valence-corrected chi connectivity index (χ2v) is 5.40. The fraction of sp³-hybridized carbons (Fsp3) is 0.462. The van der Waals surface area contributed by atoms with E-state index in [1.807, 2.05) is 17.0 Å². The maximum Gasteiger partial charge on any atom is 0.247 e. The van der Waals surface area contributed by atoms with Gasteiger partial charge in [0.1, 0.15) is 5.76 Å². The van der Waals surface area contributed by atoms with E-state index in [-0.39, 0.29) is 11.9 Å². The number of carbonyl (C=O) groups excluding carboxylic acids is 1. The molecule has 98 valence electrons. The van der Waals surface area contributed by atoms with Crippen molar-refractivity contribution in [2.24, 2.45) is 0 Å². The van der Waals surface area contributed by atoms with Crippen molar-refractivity contribution >= 4 is 27.9 Å². The molecule has 0 aromatic carbocycles. The van der Waals surface area contributed by atoms with Gasteiger partial charge in [-0.2, -0.15) is 0 Å². The number of carbonyl (C=O) groups is 1. The maximum absolute atomic E-state index is 12.1. The highest BCUT2D eigenvalue weighted by Crippen LogP contribution is 2.15. The first-order valence-electron chi connectivity index (χ1n) is 5.99. The number of piperazine rings is 1. The Hall–Kier alpha value is -1.07. The summed E-state index contributed by atoms with van der Waals surface area (Å²) in [5.41, 5.74) is 0. The number of nitrogens with zero attached hydrogens (tertiary/aromatic N) is 2. The standard InChI is InChI=1S/C13H17BrN2O2/c1-10-9-15(2)7-8-16(10)13(17)6-4-11-3-5-12(14)18-11/h3-6,10H,7-9H2,1-2H3/b6-4+. The largest absolute Gasteiger partial charge is 0.450 e. The summed E-state index contributed by atoms with van der Waals surface area (Å²) in [6.45, 7) is 4.70. The van der Waals surface area contributed by atoms with E-state index in [2.05, 4.69) is 34.8 Å². The van der Waals surface area contributed by atoms with Crippen LogP contribution in [0.15, 0.2) is 27.3 Å². The molecule has 1 fully saturated rings. The maximum atomic E-state index is 12.1. The second-order valence-electron chi connectivity index (χ2n) is 4.62. The molecule has 1 unspecified atom stereocenters. The van der Waals surface area contributed by atoms with Crippen LogP contribution in [-0.2, 0) is 4.79 Å². The molecule has 1 aromatic rings. The zero-order valence-corrected chi connectivity index (χ0v) is 12.2. The van der Waals surface area contributed by atoms with E-state index in [0.717, 1.165) is 19.6 Å². The second kappa shape index (κ2) is 5.71. The average Bonchev–Trinajstić information content (AvgIpc) is 2.72. The van der Waals surface area contributed by atoms with Crippen LogP contribution in [0.1, 0.15) is 12.7 Å². The van der Waals surface area contributed by atoms with Crippen molar-refractivity contribution < 1.29 is 9.21 Å². The lowest BCUT2D eigenvalue weighted by atomic mass is 10.2. The number of hydrogen-bond acceptors (Lipinski definition) is 3.